The molecule has 4 aromatic carbocycles. The van der Waals surface area contributed by atoms with Crippen molar-refractivity contribution in [3.05, 3.63) is 129 Å². The summed E-state index contributed by atoms with van der Waals surface area (Å²) in [6.45, 7) is 12.5. The van der Waals surface area contributed by atoms with E-state index in [9.17, 15) is 15.0 Å². The van der Waals surface area contributed by atoms with Gasteiger partial charge >= 0.3 is 0 Å². The third-order valence-electron chi connectivity index (χ3n) is 7.47. The number of hydrogen-bond donors (Lipinski definition) is 2. The van der Waals surface area contributed by atoms with E-state index in [2.05, 4.69) is 90.1 Å². The van der Waals surface area contributed by atoms with Gasteiger partial charge in [0.05, 0.1) is 11.1 Å². The molecule has 4 aromatic rings. The monoisotopic (exact) mass is 478 g/mol. The number of carbonyl (C=O) groups is 1. The number of rotatable bonds is 6. The van der Waals surface area contributed by atoms with Gasteiger partial charge in [-0.3, -0.25) is 4.79 Å². The summed E-state index contributed by atoms with van der Waals surface area (Å²) in [4.78, 5) is 13.3. The van der Waals surface area contributed by atoms with Crippen LogP contribution >= 0.6 is 0 Å². The fourth-order valence-corrected chi connectivity index (χ4v) is 4.64. The number of benzene rings is 4. The Balaban J connectivity index is 1.63. The van der Waals surface area contributed by atoms with Crippen LogP contribution in [0.15, 0.2) is 84.9 Å². The molecule has 0 unspecified atom stereocenters. The smallest absolute Gasteiger partial charge is 0.200 e. The van der Waals surface area contributed by atoms with E-state index in [4.69, 9.17) is 0 Å². The van der Waals surface area contributed by atoms with E-state index >= 15 is 0 Å². The summed E-state index contributed by atoms with van der Waals surface area (Å²) >= 11 is 0. The molecule has 0 aliphatic heterocycles. The maximum atomic E-state index is 13.3. The number of phenolic OH excluding ortho intramolecular Hbond substituents is 2. The standard InChI is InChI=1S/C33H34O3/c1-21-7-11-23(12-8-21)32(3,4)25-15-17-27(29(34)19-25)31(36)28-18-16-26(20-30(28)35)33(5,6)24-13-9-22(2)10-14-24/h7-20,34-35H,1-6H3. The maximum absolute atomic E-state index is 13.3. The Morgan fingerprint density at radius 2 is 0.833 bits per heavy atom. The SMILES string of the molecule is Cc1ccc(C(C)(C)c2ccc(C(=O)c3ccc(C(C)(C)c4ccc(C)cc4)cc3O)c(O)c2)cc1. The van der Waals surface area contributed by atoms with E-state index in [0.717, 1.165) is 22.3 Å². The topological polar surface area (TPSA) is 57.5 Å². The Morgan fingerprint density at radius 1 is 0.528 bits per heavy atom. The molecule has 0 amide bonds. The highest BCUT2D eigenvalue weighted by Gasteiger charge is 2.27. The molecule has 0 spiro atoms. The Labute approximate surface area is 214 Å². The second kappa shape index (κ2) is 9.31. The van der Waals surface area contributed by atoms with E-state index in [1.165, 1.54) is 11.1 Å². The van der Waals surface area contributed by atoms with Crippen LogP contribution < -0.4 is 0 Å². The fraction of sp³-hybridized carbons (Fsp3) is 0.242. The Morgan fingerprint density at radius 3 is 1.14 bits per heavy atom. The minimum Gasteiger partial charge on any atom is -0.507 e. The van der Waals surface area contributed by atoms with Gasteiger partial charge in [0.25, 0.3) is 0 Å². The highest BCUT2D eigenvalue weighted by Crippen LogP contribution is 2.37. The van der Waals surface area contributed by atoms with Crippen molar-refractivity contribution in [2.75, 3.05) is 0 Å². The van der Waals surface area contributed by atoms with Crippen molar-refractivity contribution in [1.29, 1.82) is 0 Å². The van der Waals surface area contributed by atoms with Crippen LogP contribution in [0.2, 0.25) is 0 Å². The number of hydrogen-bond acceptors (Lipinski definition) is 3. The van der Waals surface area contributed by atoms with E-state index < -0.39 is 5.78 Å². The van der Waals surface area contributed by atoms with Crippen molar-refractivity contribution in [3.8, 4) is 11.5 Å². The fourth-order valence-electron chi connectivity index (χ4n) is 4.64. The zero-order valence-electron chi connectivity index (χ0n) is 21.9. The third-order valence-corrected chi connectivity index (χ3v) is 7.47. The summed E-state index contributed by atoms with van der Waals surface area (Å²) in [6.07, 6.45) is 0. The molecular weight excluding hydrogens is 444 g/mol. The average Bonchev–Trinajstić information content (AvgIpc) is 2.84. The van der Waals surface area contributed by atoms with E-state index in [-0.39, 0.29) is 33.5 Å². The number of ketones is 1. The molecule has 0 heterocycles. The van der Waals surface area contributed by atoms with Gasteiger partial charge in [-0.25, -0.2) is 0 Å². The first-order chi connectivity index (χ1) is 16.9. The zero-order valence-corrected chi connectivity index (χ0v) is 21.9. The molecule has 0 aliphatic rings. The number of aromatic hydroxyl groups is 2. The molecule has 4 rings (SSSR count). The molecular formula is C33H34O3. The maximum Gasteiger partial charge on any atom is 0.200 e. The van der Waals surface area contributed by atoms with E-state index in [1.54, 1.807) is 24.3 Å². The third kappa shape index (κ3) is 4.66. The molecule has 0 fully saturated rings. The first-order valence-corrected chi connectivity index (χ1v) is 12.3. The van der Waals surface area contributed by atoms with Crippen molar-refractivity contribution >= 4 is 5.78 Å². The summed E-state index contributed by atoms with van der Waals surface area (Å²) in [5.74, 6) is -0.605. The van der Waals surface area contributed by atoms with Crippen molar-refractivity contribution < 1.29 is 15.0 Å². The number of carbonyl (C=O) groups excluding carboxylic acids is 1. The lowest BCUT2D eigenvalue weighted by Gasteiger charge is -2.27. The van der Waals surface area contributed by atoms with E-state index in [0.29, 0.717) is 0 Å². The molecule has 184 valence electrons. The van der Waals surface area contributed by atoms with Crippen molar-refractivity contribution in [2.24, 2.45) is 0 Å². The van der Waals surface area contributed by atoms with Crippen LogP contribution in [-0.2, 0) is 10.8 Å². The average molecular weight is 479 g/mol. The normalized spacial score (nSPS) is 11.9. The van der Waals surface area contributed by atoms with Gasteiger partial charge in [-0.15, -0.1) is 0 Å². The molecule has 0 atom stereocenters. The lowest BCUT2D eigenvalue weighted by Crippen LogP contribution is -2.19. The number of phenols is 2. The Kier molecular flexibility index (Phi) is 6.53. The van der Waals surface area contributed by atoms with E-state index in [1.807, 2.05) is 12.1 Å². The Bertz CT molecular complexity index is 1300. The molecule has 36 heavy (non-hydrogen) atoms. The van der Waals surface area contributed by atoms with Gasteiger partial charge in [0, 0.05) is 10.8 Å². The highest BCUT2D eigenvalue weighted by molar-refractivity contribution is 6.12. The second-order valence-corrected chi connectivity index (χ2v) is 10.8. The van der Waals surface area contributed by atoms with Gasteiger partial charge in [0.2, 0.25) is 0 Å². The molecule has 3 heteroatoms. The van der Waals surface area contributed by atoms with Crippen LogP contribution in [0.4, 0.5) is 0 Å². The molecule has 0 bridgehead atoms. The number of aryl methyl sites for hydroxylation is 2. The van der Waals surface area contributed by atoms with Crippen LogP contribution in [0.25, 0.3) is 0 Å². The quantitative estimate of drug-likeness (QED) is 0.281. The highest BCUT2D eigenvalue weighted by atomic mass is 16.3. The summed E-state index contributed by atoms with van der Waals surface area (Å²) < 4.78 is 0. The van der Waals surface area contributed by atoms with Gasteiger partial charge in [-0.05, 0) is 60.4 Å². The zero-order chi connectivity index (χ0) is 26.3. The minimum atomic E-state index is -0.413. The summed E-state index contributed by atoms with van der Waals surface area (Å²) in [5.41, 5.74) is 6.05. The predicted molar refractivity (Wildman–Crippen MR) is 146 cm³/mol. The largest absolute Gasteiger partial charge is 0.507 e. The van der Waals surface area contributed by atoms with Gasteiger partial charge in [-0.2, -0.15) is 0 Å². The van der Waals surface area contributed by atoms with Crippen LogP contribution in [-0.4, -0.2) is 16.0 Å². The van der Waals surface area contributed by atoms with Gasteiger partial charge in [-0.1, -0.05) is 99.5 Å². The summed E-state index contributed by atoms with van der Waals surface area (Å²) in [5, 5.41) is 21.6. The van der Waals surface area contributed by atoms with Crippen LogP contribution in [0, 0.1) is 13.8 Å². The summed E-state index contributed by atoms with van der Waals surface area (Å²) in [7, 11) is 0. The van der Waals surface area contributed by atoms with Crippen molar-refractivity contribution in [2.45, 2.75) is 52.4 Å². The Hall–Kier alpha value is -3.85. The van der Waals surface area contributed by atoms with Gasteiger partial charge in [0.1, 0.15) is 11.5 Å². The van der Waals surface area contributed by atoms with Gasteiger partial charge < -0.3 is 10.2 Å². The molecule has 0 radical (unpaired) electrons. The van der Waals surface area contributed by atoms with Crippen LogP contribution in [0.1, 0.15) is 77.0 Å². The molecule has 0 aromatic heterocycles. The van der Waals surface area contributed by atoms with Crippen LogP contribution in [0.3, 0.4) is 0 Å². The predicted octanol–water partition coefficient (Wildman–Crippen LogP) is 7.60. The first kappa shape index (κ1) is 25.2. The van der Waals surface area contributed by atoms with Crippen molar-refractivity contribution in [3.63, 3.8) is 0 Å². The molecule has 0 saturated heterocycles. The molecule has 2 N–H and O–H groups in total. The van der Waals surface area contributed by atoms with Crippen LogP contribution in [0.5, 0.6) is 11.5 Å². The minimum absolute atomic E-state index is 0.0962. The lowest BCUT2D eigenvalue weighted by molar-refractivity contribution is 0.103. The van der Waals surface area contributed by atoms with Crippen molar-refractivity contribution in [1.82, 2.24) is 0 Å². The molecule has 3 nitrogen and oxygen atoms in total. The second-order valence-electron chi connectivity index (χ2n) is 10.8. The lowest BCUT2D eigenvalue weighted by atomic mass is 9.77. The van der Waals surface area contributed by atoms with Gasteiger partial charge in [0.15, 0.2) is 5.78 Å². The molecule has 0 saturated carbocycles. The first-order valence-electron chi connectivity index (χ1n) is 12.3. The molecule has 0 aliphatic carbocycles. The summed E-state index contributed by atoms with van der Waals surface area (Å²) in [6, 6.07) is 27.0.